The first-order valence-corrected chi connectivity index (χ1v) is 7.77. The number of nitrogens with zero attached hydrogens (tertiary/aromatic N) is 1. The van der Waals surface area contributed by atoms with Gasteiger partial charge >= 0.3 is 0 Å². The summed E-state index contributed by atoms with van der Waals surface area (Å²) in [5.41, 5.74) is 3.44. The van der Waals surface area contributed by atoms with Gasteiger partial charge in [0.1, 0.15) is 5.75 Å². The first-order valence-electron chi connectivity index (χ1n) is 7.77. The van der Waals surface area contributed by atoms with E-state index in [-0.39, 0.29) is 11.3 Å². The van der Waals surface area contributed by atoms with E-state index in [9.17, 15) is 9.90 Å². The molecule has 0 saturated carbocycles. The standard InChI is InChI=1S/C18H21NO2/c1-2-3-10-14-17(20)16(13-8-5-4-6-9-13)15-11-7-12-19(15)18(14)21/h4-6,8-9,20H,2-3,7,10-12H2,1H3. The lowest BCUT2D eigenvalue weighted by Crippen LogP contribution is -2.24. The molecule has 1 N–H and O–H groups in total. The molecule has 0 radical (unpaired) electrons. The van der Waals surface area contributed by atoms with Gasteiger partial charge in [0.2, 0.25) is 0 Å². The van der Waals surface area contributed by atoms with E-state index in [4.69, 9.17) is 0 Å². The fourth-order valence-corrected chi connectivity index (χ4v) is 3.20. The molecule has 2 aromatic rings. The Labute approximate surface area is 124 Å². The quantitative estimate of drug-likeness (QED) is 0.933. The molecule has 1 aliphatic rings. The van der Waals surface area contributed by atoms with E-state index < -0.39 is 0 Å². The van der Waals surface area contributed by atoms with Gasteiger partial charge in [0.05, 0.1) is 5.56 Å². The average Bonchev–Trinajstić information content (AvgIpc) is 2.98. The van der Waals surface area contributed by atoms with Gasteiger partial charge in [-0.2, -0.15) is 0 Å². The Kier molecular flexibility index (Phi) is 3.82. The van der Waals surface area contributed by atoms with Crippen LogP contribution >= 0.6 is 0 Å². The summed E-state index contributed by atoms with van der Waals surface area (Å²) < 4.78 is 1.87. The van der Waals surface area contributed by atoms with Crippen molar-refractivity contribution in [2.75, 3.05) is 0 Å². The van der Waals surface area contributed by atoms with E-state index in [2.05, 4.69) is 6.92 Å². The molecule has 3 rings (SSSR count). The molecule has 1 aromatic carbocycles. The Morgan fingerprint density at radius 3 is 2.71 bits per heavy atom. The van der Waals surface area contributed by atoms with E-state index in [1.54, 1.807) is 0 Å². The van der Waals surface area contributed by atoms with Crippen LogP contribution in [0.25, 0.3) is 11.1 Å². The minimum atomic E-state index is 0.00753. The molecule has 1 aliphatic heterocycles. The third-order valence-electron chi connectivity index (χ3n) is 4.28. The van der Waals surface area contributed by atoms with E-state index in [1.807, 2.05) is 34.9 Å². The summed E-state index contributed by atoms with van der Waals surface area (Å²) >= 11 is 0. The second-order valence-electron chi connectivity index (χ2n) is 5.68. The summed E-state index contributed by atoms with van der Waals surface area (Å²) in [4.78, 5) is 12.6. The molecule has 0 amide bonds. The number of benzene rings is 1. The summed E-state index contributed by atoms with van der Waals surface area (Å²) in [6.07, 6.45) is 4.44. The Bertz CT molecular complexity index is 701. The third kappa shape index (κ3) is 2.37. The predicted molar refractivity (Wildman–Crippen MR) is 84.7 cm³/mol. The van der Waals surface area contributed by atoms with Gasteiger partial charge in [-0.25, -0.2) is 0 Å². The van der Waals surface area contributed by atoms with Crippen LogP contribution in [0.1, 0.15) is 37.4 Å². The van der Waals surface area contributed by atoms with Crippen molar-refractivity contribution < 1.29 is 5.11 Å². The average molecular weight is 283 g/mol. The van der Waals surface area contributed by atoms with Crippen molar-refractivity contribution in [2.45, 2.75) is 45.6 Å². The van der Waals surface area contributed by atoms with Gasteiger partial charge in [-0.1, -0.05) is 43.7 Å². The van der Waals surface area contributed by atoms with Gasteiger partial charge < -0.3 is 9.67 Å². The van der Waals surface area contributed by atoms with Crippen LogP contribution in [0, 0.1) is 0 Å². The molecule has 0 saturated heterocycles. The zero-order valence-corrected chi connectivity index (χ0v) is 12.4. The monoisotopic (exact) mass is 283 g/mol. The molecule has 0 spiro atoms. The number of fused-ring (bicyclic) bond motifs is 1. The Morgan fingerprint density at radius 2 is 2.00 bits per heavy atom. The van der Waals surface area contributed by atoms with E-state index in [0.29, 0.717) is 12.0 Å². The van der Waals surface area contributed by atoms with Crippen molar-refractivity contribution in [3.8, 4) is 16.9 Å². The van der Waals surface area contributed by atoms with Gasteiger partial charge in [-0.15, -0.1) is 0 Å². The highest BCUT2D eigenvalue weighted by Crippen LogP contribution is 2.36. The maximum atomic E-state index is 12.6. The number of pyridine rings is 1. The highest BCUT2D eigenvalue weighted by Gasteiger charge is 2.24. The van der Waals surface area contributed by atoms with Crippen LogP contribution in [-0.4, -0.2) is 9.67 Å². The number of aromatic nitrogens is 1. The fourth-order valence-electron chi connectivity index (χ4n) is 3.20. The Morgan fingerprint density at radius 1 is 1.24 bits per heavy atom. The van der Waals surface area contributed by atoms with Gasteiger partial charge in [-0.05, 0) is 31.2 Å². The van der Waals surface area contributed by atoms with Crippen LogP contribution in [-0.2, 0) is 19.4 Å². The molecule has 1 aromatic heterocycles. The van der Waals surface area contributed by atoms with Crippen LogP contribution in [0.3, 0.4) is 0 Å². The van der Waals surface area contributed by atoms with Gasteiger partial charge in [0, 0.05) is 17.8 Å². The molecule has 0 atom stereocenters. The van der Waals surface area contributed by atoms with E-state index in [0.717, 1.165) is 49.0 Å². The van der Waals surface area contributed by atoms with Crippen LogP contribution in [0.2, 0.25) is 0 Å². The van der Waals surface area contributed by atoms with Crippen LogP contribution in [0.5, 0.6) is 5.75 Å². The van der Waals surface area contributed by atoms with Crippen LogP contribution in [0.4, 0.5) is 0 Å². The van der Waals surface area contributed by atoms with Crippen LogP contribution < -0.4 is 5.56 Å². The molecular formula is C18H21NO2. The number of hydrogen-bond acceptors (Lipinski definition) is 2. The maximum absolute atomic E-state index is 12.6. The Balaban J connectivity index is 2.24. The molecule has 110 valence electrons. The van der Waals surface area contributed by atoms with Crippen molar-refractivity contribution in [1.29, 1.82) is 0 Å². The van der Waals surface area contributed by atoms with Crippen molar-refractivity contribution in [2.24, 2.45) is 0 Å². The highest BCUT2D eigenvalue weighted by molar-refractivity contribution is 5.74. The summed E-state index contributed by atoms with van der Waals surface area (Å²) in [5.74, 6) is 0.202. The minimum absolute atomic E-state index is 0.00753. The minimum Gasteiger partial charge on any atom is -0.507 e. The van der Waals surface area contributed by atoms with Crippen molar-refractivity contribution in [3.05, 3.63) is 51.9 Å². The summed E-state index contributed by atoms with van der Waals surface area (Å²) in [6.45, 7) is 2.87. The number of aromatic hydroxyl groups is 1. The Hall–Kier alpha value is -2.03. The fraction of sp³-hybridized carbons (Fsp3) is 0.389. The smallest absolute Gasteiger partial charge is 0.257 e. The second-order valence-corrected chi connectivity index (χ2v) is 5.68. The summed E-state index contributed by atoms with van der Waals surface area (Å²) in [5, 5.41) is 10.7. The number of unbranched alkanes of at least 4 members (excludes halogenated alkanes) is 1. The van der Waals surface area contributed by atoms with E-state index >= 15 is 0 Å². The largest absolute Gasteiger partial charge is 0.507 e. The molecule has 0 unspecified atom stereocenters. The molecule has 3 nitrogen and oxygen atoms in total. The zero-order chi connectivity index (χ0) is 14.8. The lowest BCUT2D eigenvalue weighted by molar-refractivity contribution is 0.463. The first-order chi connectivity index (χ1) is 10.2. The summed E-state index contributed by atoms with van der Waals surface area (Å²) in [7, 11) is 0. The van der Waals surface area contributed by atoms with Gasteiger partial charge in [0.25, 0.3) is 5.56 Å². The maximum Gasteiger partial charge on any atom is 0.257 e. The lowest BCUT2D eigenvalue weighted by Gasteiger charge is -2.16. The molecular weight excluding hydrogens is 262 g/mol. The predicted octanol–water partition coefficient (Wildman–Crippen LogP) is 3.51. The van der Waals surface area contributed by atoms with Crippen LogP contribution in [0.15, 0.2) is 35.1 Å². The summed E-state index contributed by atoms with van der Waals surface area (Å²) in [6, 6.07) is 9.91. The molecule has 21 heavy (non-hydrogen) atoms. The molecule has 3 heteroatoms. The molecule has 0 fully saturated rings. The van der Waals surface area contributed by atoms with Gasteiger partial charge in [0.15, 0.2) is 0 Å². The van der Waals surface area contributed by atoms with E-state index in [1.165, 1.54) is 0 Å². The number of hydrogen-bond donors (Lipinski definition) is 1. The second kappa shape index (κ2) is 5.76. The van der Waals surface area contributed by atoms with Crippen molar-refractivity contribution in [1.82, 2.24) is 4.57 Å². The molecule has 0 aliphatic carbocycles. The topological polar surface area (TPSA) is 42.2 Å². The SMILES string of the molecule is CCCCc1c(O)c(-c2ccccc2)c2n(c1=O)CCC2. The van der Waals surface area contributed by atoms with Gasteiger partial charge in [-0.3, -0.25) is 4.79 Å². The number of rotatable bonds is 4. The zero-order valence-electron chi connectivity index (χ0n) is 12.4. The molecule has 2 heterocycles. The van der Waals surface area contributed by atoms with Crippen molar-refractivity contribution >= 4 is 0 Å². The normalized spacial score (nSPS) is 13.4. The lowest BCUT2D eigenvalue weighted by atomic mass is 9.97. The first kappa shape index (κ1) is 13.9. The highest BCUT2D eigenvalue weighted by atomic mass is 16.3. The third-order valence-corrected chi connectivity index (χ3v) is 4.28. The molecule has 0 bridgehead atoms. The van der Waals surface area contributed by atoms with Crippen molar-refractivity contribution in [3.63, 3.8) is 0 Å².